The molecule has 1 N–H and O–H groups in total. The van der Waals surface area contributed by atoms with Crippen LogP contribution in [0.25, 0.3) is 0 Å². The van der Waals surface area contributed by atoms with Gasteiger partial charge in [0.2, 0.25) is 0 Å². The maximum Gasteiger partial charge on any atom is 0.268 e. The van der Waals surface area contributed by atoms with Crippen LogP contribution in [0.5, 0.6) is 0 Å². The van der Waals surface area contributed by atoms with Crippen molar-refractivity contribution in [1.82, 2.24) is 9.29 Å². The number of aromatic nitrogens is 1. The molecule has 2 heterocycles. The quantitative estimate of drug-likeness (QED) is 0.808. The third kappa shape index (κ3) is 3.22. The standard InChI is InChI=1S/C17H18N2O5S/c1-24-9-3-7-18-17(21)12-5-6-16-13(10-12)11-15(20)14-4-2-8-19(14)25(16,22)23/h2,4-6,8,10H,3,7,9,11H2,1H3,(H,18,21). The Morgan fingerprint density at radius 2 is 2.12 bits per heavy atom. The number of ketones is 1. The number of carbonyl (C=O) groups is 2. The molecule has 1 aliphatic rings. The molecule has 1 aromatic carbocycles. The van der Waals surface area contributed by atoms with Crippen LogP contribution in [-0.2, 0) is 21.2 Å². The summed E-state index contributed by atoms with van der Waals surface area (Å²) in [6.07, 6.45) is 1.97. The molecule has 0 atom stereocenters. The van der Waals surface area contributed by atoms with E-state index < -0.39 is 10.0 Å². The van der Waals surface area contributed by atoms with Gasteiger partial charge < -0.3 is 10.1 Å². The van der Waals surface area contributed by atoms with E-state index in [1.165, 1.54) is 36.5 Å². The molecule has 132 valence electrons. The molecule has 0 bridgehead atoms. The number of Topliss-reactive ketones (excluding diaryl/α,β-unsaturated/α-hetero) is 1. The summed E-state index contributed by atoms with van der Waals surface area (Å²) >= 11 is 0. The smallest absolute Gasteiger partial charge is 0.268 e. The lowest BCUT2D eigenvalue weighted by Gasteiger charge is -2.10. The Morgan fingerprint density at radius 1 is 1.32 bits per heavy atom. The van der Waals surface area contributed by atoms with Gasteiger partial charge in [0.15, 0.2) is 5.78 Å². The van der Waals surface area contributed by atoms with E-state index in [1.807, 2.05) is 0 Å². The Kier molecular flexibility index (Phi) is 4.73. The topological polar surface area (TPSA) is 94.5 Å². The van der Waals surface area contributed by atoms with Gasteiger partial charge in [-0.25, -0.2) is 12.4 Å². The summed E-state index contributed by atoms with van der Waals surface area (Å²) in [4.78, 5) is 24.6. The fourth-order valence-corrected chi connectivity index (χ4v) is 4.36. The highest BCUT2D eigenvalue weighted by Gasteiger charge is 2.30. The van der Waals surface area contributed by atoms with Gasteiger partial charge in [-0.15, -0.1) is 0 Å². The zero-order valence-electron chi connectivity index (χ0n) is 13.7. The van der Waals surface area contributed by atoms with E-state index >= 15 is 0 Å². The number of nitrogens with one attached hydrogen (secondary N) is 1. The molecule has 1 aliphatic heterocycles. The molecule has 0 spiro atoms. The zero-order chi connectivity index (χ0) is 18.0. The third-order valence-electron chi connectivity index (χ3n) is 4.02. The third-order valence-corrected chi connectivity index (χ3v) is 5.81. The van der Waals surface area contributed by atoms with E-state index in [0.717, 1.165) is 3.97 Å². The highest BCUT2D eigenvalue weighted by molar-refractivity contribution is 7.90. The Balaban J connectivity index is 1.92. The Morgan fingerprint density at radius 3 is 2.88 bits per heavy atom. The average molecular weight is 362 g/mol. The largest absolute Gasteiger partial charge is 0.385 e. The molecule has 0 unspecified atom stereocenters. The van der Waals surface area contributed by atoms with Crippen molar-refractivity contribution in [2.24, 2.45) is 0 Å². The van der Waals surface area contributed by atoms with Crippen molar-refractivity contribution in [3.8, 4) is 0 Å². The van der Waals surface area contributed by atoms with Crippen LogP contribution in [0.15, 0.2) is 41.4 Å². The van der Waals surface area contributed by atoms with Crippen molar-refractivity contribution in [3.63, 3.8) is 0 Å². The summed E-state index contributed by atoms with van der Waals surface area (Å²) in [7, 11) is -2.26. The number of hydrogen-bond donors (Lipinski definition) is 1. The molecule has 3 rings (SSSR count). The monoisotopic (exact) mass is 362 g/mol. The van der Waals surface area contributed by atoms with E-state index in [1.54, 1.807) is 7.11 Å². The van der Waals surface area contributed by atoms with E-state index in [-0.39, 0.29) is 28.7 Å². The Labute approximate surface area is 145 Å². The number of ether oxygens (including phenoxy) is 1. The van der Waals surface area contributed by atoms with Crippen LogP contribution in [0.2, 0.25) is 0 Å². The van der Waals surface area contributed by atoms with E-state index in [9.17, 15) is 18.0 Å². The van der Waals surface area contributed by atoms with Crippen molar-refractivity contribution in [2.45, 2.75) is 17.7 Å². The van der Waals surface area contributed by atoms with Gasteiger partial charge in [-0.3, -0.25) is 9.59 Å². The van der Waals surface area contributed by atoms with Crippen LogP contribution in [0.3, 0.4) is 0 Å². The number of rotatable bonds is 5. The van der Waals surface area contributed by atoms with E-state index in [4.69, 9.17) is 4.74 Å². The first-order valence-electron chi connectivity index (χ1n) is 7.81. The average Bonchev–Trinajstić information content (AvgIpc) is 3.06. The number of nitrogens with zero attached hydrogens (tertiary/aromatic N) is 1. The maximum absolute atomic E-state index is 12.7. The lowest BCUT2D eigenvalue weighted by Crippen LogP contribution is -2.25. The molecule has 2 aromatic rings. The Bertz CT molecular complexity index is 930. The highest BCUT2D eigenvalue weighted by atomic mass is 32.2. The zero-order valence-corrected chi connectivity index (χ0v) is 14.5. The van der Waals surface area contributed by atoms with Gasteiger partial charge in [-0.05, 0) is 42.3 Å². The lowest BCUT2D eigenvalue weighted by molar-refractivity contribution is 0.0945. The molecule has 0 saturated heterocycles. The molecule has 1 amide bonds. The van der Waals surface area contributed by atoms with Gasteiger partial charge in [-0.1, -0.05) is 0 Å². The number of carbonyl (C=O) groups excluding carboxylic acids is 2. The molecule has 0 radical (unpaired) electrons. The molecule has 0 fully saturated rings. The van der Waals surface area contributed by atoms with Gasteiger partial charge in [-0.2, -0.15) is 0 Å². The summed E-state index contributed by atoms with van der Waals surface area (Å²) in [5.41, 5.74) is 0.783. The highest BCUT2D eigenvalue weighted by Crippen LogP contribution is 2.27. The minimum atomic E-state index is -3.85. The summed E-state index contributed by atoms with van der Waals surface area (Å²) in [6.45, 7) is 0.988. The fraction of sp³-hybridized carbons (Fsp3) is 0.294. The first-order chi connectivity index (χ1) is 11.9. The number of fused-ring (bicyclic) bond motifs is 2. The molecule has 0 saturated carbocycles. The molecule has 1 aromatic heterocycles. The predicted molar refractivity (Wildman–Crippen MR) is 90.3 cm³/mol. The molecular formula is C17H18N2O5S. The van der Waals surface area contributed by atoms with Crippen LogP contribution >= 0.6 is 0 Å². The fourth-order valence-electron chi connectivity index (χ4n) is 2.79. The maximum atomic E-state index is 12.7. The normalized spacial score (nSPS) is 15.2. The molecular weight excluding hydrogens is 344 g/mol. The van der Waals surface area contributed by atoms with Crippen LogP contribution < -0.4 is 5.32 Å². The number of benzene rings is 1. The van der Waals surface area contributed by atoms with Crippen molar-refractivity contribution >= 4 is 21.7 Å². The summed E-state index contributed by atoms with van der Waals surface area (Å²) in [5, 5.41) is 2.74. The minimum absolute atomic E-state index is 0.0479. The van der Waals surface area contributed by atoms with Crippen LogP contribution in [0.1, 0.15) is 32.8 Å². The van der Waals surface area contributed by atoms with Gasteiger partial charge in [0.25, 0.3) is 15.9 Å². The van der Waals surface area contributed by atoms with Gasteiger partial charge in [0, 0.05) is 38.4 Å². The van der Waals surface area contributed by atoms with Crippen molar-refractivity contribution in [2.75, 3.05) is 20.3 Å². The van der Waals surface area contributed by atoms with Gasteiger partial charge >= 0.3 is 0 Å². The van der Waals surface area contributed by atoms with Gasteiger partial charge in [0.05, 0.1) is 4.90 Å². The summed E-state index contributed by atoms with van der Waals surface area (Å²) in [6, 6.07) is 7.33. The minimum Gasteiger partial charge on any atom is -0.385 e. The number of methoxy groups -OCH3 is 1. The molecule has 0 aliphatic carbocycles. The molecule has 25 heavy (non-hydrogen) atoms. The molecule has 7 nitrogen and oxygen atoms in total. The summed E-state index contributed by atoms with van der Waals surface area (Å²) in [5.74, 6) is -0.613. The second-order valence-corrected chi connectivity index (χ2v) is 7.50. The number of amides is 1. The van der Waals surface area contributed by atoms with Gasteiger partial charge in [0.1, 0.15) is 5.69 Å². The Hall–Kier alpha value is -2.45. The van der Waals surface area contributed by atoms with Crippen molar-refractivity contribution in [1.29, 1.82) is 0 Å². The second kappa shape index (κ2) is 6.81. The first kappa shape index (κ1) is 17.4. The molecule has 8 heteroatoms. The van der Waals surface area contributed by atoms with Crippen molar-refractivity contribution in [3.05, 3.63) is 53.3 Å². The van der Waals surface area contributed by atoms with E-state index in [2.05, 4.69) is 5.32 Å². The second-order valence-electron chi connectivity index (χ2n) is 5.72. The summed E-state index contributed by atoms with van der Waals surface area (Å²) < 4.78 is 31.4. The lowest BCUT2D eigenvalue weighted by atomic mass is 10.0. The van der Waals surface area contributed by atoms with E-state index in [0.29, 0.717) is 30.7 Å². The predicted octanol–water partition coefficient (Wildman–Crippen LogP) is 1.23. The van der Waals surface area contributed by atoms with Crippen LogP contribution in [0.4, 0.5) is 0 Å². The SMILES string of the molecule is COCCCNC(=O)c1ccc2c(c1)CC(=O)c1cccn1S2(=O)=O. The van der Waals surface area contributed by atoms with Crippen LogP contribution in [0, 0.1) is 0 Å². The number of hydrogen-bond acceptors (Lipinski definition) is 5. The van der Waals surface area contributed by atoms with Crippen molar-refractivity contribution < 1.29 is 22.7 Å². The van der Waals surface area contributed by atoms with Crippen LogP contribution in [-0.4, -0.2) is 44.3 Å². The first-order valence-corrected chi connectivity index (χ1v) is 9.25.